The molecular formula is C10H20O3. The number of hydrogen-bond donors (Lipinski definition) is 1. The Kier molecular flexibility index (Phi) is 3.71. The smallest absolute Gasteiger partial charge is 0.106 e. The van der Waals surface area contributed by atoms with Crippen LogP contribution in [0.4, 0.5) is 0 Å². The van der Waals surface area contributed by atoms with Gasteiger partial charge in [0.2, 0.25) is 0 Å². The molecule has 1 N–H and O–H groups in total. The van der Waals surface area contributed by atoms with Crippen LogP contribution >= 0.6 is 0 Å². The molecule has 0 amide bonds. The minimum atomic E-state index is -0.486. The van der Waals surface area contributed by atoms with E-state index >= 15 is 0 Å². The molecule has 3 nitrogen and oxygen atoms in total. The molecule has 0 bridgehead atoms. The van der Waals surface area contributed by atoms with E-state index in [1.807, 2.05) is 6.92 Å². The minimum absolute atomic E-state index is 0.0730. The molecule has 1 saturated heterocycles. The van der Waals surface area contributed by atoms with E-state index in [0.29, 0.717) is 5.92 Å². The molecule has 0 aliphatic carbocycles. The molecule has 0 aromatic rings. The highest BCUT2D eigenvalue weighted by Gasteiger charge is 2.36. The molecule has 0 radical (unpaired) electrons. The third kappa shape index (κ3) is 2.42. The first kappa shape index (κ1) is 11.0. The van der Waals surface area contributed by atoms with E-state index < -0.39 is 6.10 Å². The van der Waals surface area contributed by atoms with E-state index in [-0.39, 0.29) is 18.3 Å². The number of hydrogen-bond acceptors (Lipinski definition) is 3. The van der Waals surface area contributed by atoms with Crippen molar-refractivity contribution in [3.8, 4) is 0 Å². The van der Waals surface area contributed by atoms with Gasteiger partial charge in [-0.3, -0.25) is 0 Å². The van der Waals surface area contributed by atoms with Crippen LogP contribution in [0.5, 0.6) is 0 Å². The number of ether oxygens (including phenoxy) is 2. The van der Waals surface area contributed by atoms with Crippen LogP contribution in [0.25, 0.3) is 0 Å². The third-order valence-corrected chi connectivity index (χ3v) is 2.76. The molecule has 0 aromatic carbocycles. The Labute approximate surface area is 80.0 Å². The summed E-state index contributed by atoms with van der Waals surface area (Å²) in [6, 6.07) is 0. The van der Waals surface area contributed by atoms with Crippen molar-refractivity contribution in [2.45, 2.75) is 51.6 Å². The zero-order chi connectivity index (χ0) is 10.0. The first-order chi connectivity index (χ1) is 6.06. The molecule has 1 rings (SSSR count). The Balaban J connectivity index is 2.58. The maximum absolute atomic E-state index is 9.69. The van der Waals surface area contributed by atoms with Gasteiger partial charge in [0.15, 0.2) is 0 Å². The van der Waals surface area contributed by atoms with Gasteiger partial charge in [-0.05, 0) is 12.8 Å². The number of aliphatic hydroxyl groups is 1. The van der Waals surface area contributed by atoms with Gasteiger partial charge in [0.1, 0.15) is 6.10 Å². The van der Waals surface area contributed by atoms with Gasteiger partial charge in [0.25, 0.3) is 0 Å². The Bertz CT molecular complexity index is 158. The Morgan fingerprint density at radius 2 is 2.08 bits per heavy atom. The van der Waals surface area contributed by atoms with Gasteiger partial charge in [-0.2, -0.15) is 0 Å². The molecule has 4 unspecified atom stereocenters. The molecule has 78 valence electrons. The first-order valence-electron chi connectivity index (χ1n) is 4.92. The topological polar surface area (TPSA) is 38.7 Å². The maximum atomic E-state index is 9.69. The maximum Gasteiger partial charge on any atom is 0.106 e. The zero-order valence-corrected chi connectivity index (χ0v) is 8.86. The van der Waals surface area contributed by atoms with Crippen molar-refractivity contribution in [3.63, 3.8) is 0 Å². The highest BCUT2D eigenvalue weighted by molar-refractivity contribution is 4.85. The van der Waals surface area contributed by atoms with Crippen LogP contribution in [0, 0.1) is 5.92 Å². The molecule has 0 spiro atoms. The Morgan fingerprint density at radius 1 is 1.46 bits per heavy atom. The fraction of sp³-hybridized carbons (Fsp3) is 1.00. The monoisotopic (exact) mass is 188 g/mol. The fourth-order valence-corrected chi connectivity index (χ4v) is 1.75. The summed E-state index contributed by atoms with van der Waals surface area (Å²) in [5.74, 6) is 0.479. The quantitative estimate of drug-likeness (QED) is 0.707. The summed E-state index contributed by atoms with van der Waals surface area (Å²) in [6.07, 6.45) is 0.324. The summed E-state index contributed by atoms with van der Waals surface area (Å²) in [5.41, 5.74) is 0. The van der Waals surface area contributed by atoms with Gasteiger partial charge < -0.3 is 14.6 Å². The lowest BCUT2D eigenvalue weighted by molar-refractivity contribution is -0.179. The average molecular weight is 188 g/mol. The second kappa shape index (κ2) is 4.40. The summed E-state index contributed by atoms with van der Waals surface area (Å²) in [6.45, 7) is 6.15. The van der Waals surface area contributed by atoms with Crippen LogP contribution in [0.2, 0.25) is 0 Å². The molecule has 1 aliphatic heterocycles. The van der Waals surface area contributed by atoms with Crippen molar-refractivity contribution in [1.29, 1.82) is 0 Å². The number of methoxy groups -OCH3 is 1. The summed E-state index contributed by atoms with van der Waals surface area (Å²) in [5, 5.41) is 9.69. The van der Waals surface area contributed by atoms with Gasteiger partial charge in [0.05, 0.1) is 18.3 Å². The summed E-state index contributed by atoms with van der Waals surface area (Å²) in [7, 11) is 1.64. The Hall–Kier alpha value is -0.120. The Morgan fingerprint density at radius 3 is 2.54 bits per heavy atom. The third-order valence-electron chi connectivity index (χ3n) is 2.76. The van der Waals surface area contributed by atoms with Crippen molar-refractivity contribution in [1.82, 2.24) is 0 Å². The lowest BCUT2D eigenvalue weighted by atomic mass is 9.92. The molecule has 1 aliphatic rings. The van der Waals surface area contributed by atoms with Crippen molar-refractivity contribution in [3.05, 3.63) is 0 Å². The zero-order valence-electron chi connectivity index (χ0n) is 8.86. The van der Waals surface area contributed by atoms with Crippen LogP contribution in [0.15, 0.2) is 0 Å². The van der Waals surface area contributed by atoms with E-state index in [4.69, 9.17) is 9.47 Å². The predicted molar refractivity (Wildman–Crippen MR) is 50.6 cm³/mol. The number of rotatable bonds is 2. The van der Waals surface area contributed by atoms with Crippen LogP contribution < -0.4 is 0 Å². The summed E-state index contributed by atoms with van der Waals surface area (Å²) in [4.78, 5) is 0. The average Bonchev–Trinajstić information content (AvgIpc) is 2.09. The molecule has 1 fully saturated rings. The van der Waals surface area contributed by atoms with Crippen LogP contribution in [-0.4, -0.2) is 36.6 Å². The van der Waals surface area contributed by atoms with E-state index in [0.717, 1.165) is 6.42 Å². The minimum Gasteiger partial charge on any atom is -0.388 e. The molecule has 0 saturated carbocycles. The lowest BCUT2D eigenvalue weighted by Crippen LogP contribution is -2.49. The lowest BCUT2D eigenvalue weighted by Gasteiger charge is -2.38. The second-order valence-electron chi connectivity index (χ2n) is 4.12. The van der Waals surface area contributed by atoms with Crippen molar-refractivity contribution >= 4 is 0 Å². The predicted octanol–water partition coefficient (Wildman–Crippen LogP) is 1.20. The summed E-state index contributed by atoms with van der Waals surface area (Å²) < 4.78 is 10.9. The van der Waals surface area contributed by atoms with Crippen molar-refractivity contribution < 1.29 is 14.6 Å². The first-order valence-corrected chi connectivity index (χ1v) is 4.92. The van der Waals surface area contributed by atoms with Gasteiger partial charge >= 0.3 is 0 Å². The van der Waals surface area contributed by atoms with Crippen molar-refractivity contribution in [2.75, 3.05) is 7.11 Å². The van der Waals surface area contributed by atoms with Crippen LogP contribution in [-0.2, 0) is 9.47 Å². The van der Waals surface area contributed by atoms with Gasteiger partial charge in [-0.1, -0.05) is 13.8 Å². The molecule has 3 heteroatoms. The molecule has 1 heterocycles. The SMILES string of the molecule is COC1CC(C(C)C)OC(C)C1O. The van der Waals surface area contributed by atoms with E-state index in [2.05, 4.69) is 13.8 Å². The van der Waals surface area contributed by atoms with E-state index in [1.165, 1.54) is 0 Å². The molecular weight excluding hydrogens is 168 g/mol. The fourth-order valence-electron chi connectivity index (χ4n) is 1.75. The number of aliphatic hydroxyl groups excluding tert-OH is 1. The second-order valence-corrected chi connectivity index (χ2v) is 4.12. The van der Waals surface area contributed by atoms with Gasteiger partial charge in [-0.25, -0.2) is 0 Å². The highest BCUT2D eigenvalue weighted by atomic mass is 16.5. The molecule has 0 aromatic heterocycles. The highest BCUT2D eigenvalue weighted by Crippen LogP contribution is 2.26. The molecule has 4 atom stereocenters. The van der Waals surface area contributed by atoms with Gasteiger partial charge in [-0.15, -0.1) is 0 Å². The molecule has 13 heavy (non-hydrogen) atoms. The van der Waals surface area contributed by atoms with Crippen LogP contribution in [0.1, 0.15) is 27.2 Å². The van der Waals surface area contributed by atoms with E-state index in [1.54, 1.807) is 7.11 Å². The standard InChI is InChI=1S/C10H20O3/c1-6(2)8-5-9(12-4)10(11)7(3)13-8/h6-11H,5H2,1-4H3. The largest absolute Gasteiger partial charge is 0.388 e. The van der Waals surface area contributed by atoms with Crippen LogP contribution in [0.3, 0.4) is 0 Å². The van der Waals surface area contributed by atoms with Crippen molar-refractivity contribution in [2.24, 2.45) is 5.92 Å². The van der Waals surface area contributed by atoms with Gasteiger partial charge in [0, 0.05) is 13.5 Å². The summed E-state index contributed by atoms with van der Waals surface area (Å²) >= 11 is 0. The normalized spacial score (nSPS) is 41.1. The van der Waals surface area contributed by atoms with E-state index in [9.17, 15) is 5.11 Å².